The second kappa shape index (κ2) is 4.76. The molecule has 0 saturated carbocycles. The van der Waals surface area contributed by atoms with E-state index in [0.29, 0.717) is 11.3 Å². The molecule has 2 aromatic rings. The molecule has 5 heteroatoms. The molecule has 0 fully saturated rings. The molecule has 0 atom stereocenters. The van der Waals surface area contributed by atoms with Crippen LogP contribution in [-0.2, 0) is 0 Å². The number of non-ortho nitro benzene ring substituents is 1. The Kier molecular flexibility index (Phi) is 3.06. The standard InChI is InChI=1S/C15H10BrNO3/c1-9-7-10-8-11(17(18)19)5-6-14(10)20-15-12(9)3-2-4-13(15)16/h2-8H,1H3. The maximum atomic E-state index is 10.9. The van der Waals surface area contributed by atoms with Crippen LogP contribution in [0.2, 0.25) is 0 Å². The Labute approximate surface area is 124 Å². The highest BCUT2D eigenvalue weighted by molar-refractivity contribution is 9.10. The first-order valence-electron chi connectivity index (χ1n) is 6.00. The van der Waals surface area contributed by atoms with Crippen molar-refractivity contribution in [2.45, 2.75) is 6.92 Å². The smallest absolute Gasteiger partial charge is 0.270 e. The van der Waals surface area contributed by atoms with Crippen LogP contribution in [-0.4, -0.2) is 4.92 Å². The third-order valence-electron chi connectivity index (χ3n) is 3.18. The zero-order chi connectivity index (χ0) is 14.3. The van der Waals surface area contributed by atoms with Crippen molar-refractivity contribution < 1.29 is 9.66 Å². The number of allylic oxidation sites excluding steroid dienone is 1. The molecule has 0 unspecified atom stereocenters. The minimum atomic E-state index is -0.405. The molecule has 1 aliphatic heterocycles. The molecule has 1 aliphatic rings. The monoisotopic (exact) mass is 331 g/mol. The Bertz CT molecular complexity index is 753. The summed E-state index contributed by atoms with van der Waals surface area (Å²) in [5.74, 6) is 1.34. The molecule has 100 valence electrons. The van der Waals surface area contributed by atoms with Crippen molar-refractivity contribution in [1.82, 2.24) is 0 Å². The van der Waals surface area contributed by atoms with E-state index in [1.54, 1.807) is 6.07 Å². The third kappa shape index (κ3) is 2.10. The van der Waals surface area contributed by atoms with Crippen LogP contribution in [0.15, 0.2) is 40.9 Å². The van der Waals surface area contributed by atoms with Crippen LogP contribution in [0.5, 0.6) is 11.5 Å². The number of para-hydroxylation sites is 1. The Balaban J connectivity index is 2.21. The van der Waals surface area contributed by atoms with E-state index >= 15 is 0 Å². The number of hydrogen-bond donors (Lipinski definition) is 0. The first kappa shape index (κ1) is 12.9. The number of nitro groups is 1. The molecular formula is C15H10BrNO3. The lowest BCUT2D eigenvalue weighted by Gasteiger charge is -2.11. The SMILES string of the molecule is CC1=Cc2cc([N+](=O)[O-])ccc2Oc2c(Br)cccc21. The lowest BCUT2D eigenvalue weighted by atomic mass is 10.0. The number of ether oxygens (including phenoxy) is 1. The fraction of sp³-hybridized carbons (Fsp3) is 0.0667. The number of halogens is 1. The van der Waals surface area contributed by atoms with E-state index in [0.717, 1.165) is 21.4 Å². The largest absolute Gasteiger partial charge is 0.455 e. The van der Waals surface area contributed by atoms with Gasteiger partial charge in [0.2, 0.25) is 0 Å². The summed E-state index contributed by atoms with van der Waals surface area (Å²) in [6.07, 6.45) is 1.90. The van der Waals surface area contributed by atoms with Gasteiger partial charge in [0, 0.05) is 23.3 Å². The zero-order valence-electron chi connectivity index (χ0n) is 10.6. The third-order valence-corrected chi connectivity index (χ3v) is 3.80. The van der Waals surface area contributed by atoms with Crippen molar-refractivity contribution in [3.8, 4) is 11.5 Å². The molecule has 0 bridgehead atoms. The summed E-state index contributed by atoms with van der Waals surface area (Å²) >= 11 is 3.47. The van der Waals surface area contributed by atoms with Crippen LogP contribution in [0, 0.1) is 10.1 Å². The van der Waals surface area contributed by atoms with Gasteiger partial charge in [-0.1, -0.05) is 12.1 Å². The maximum absolute atomic E-state index is 10.9. The van der Waals surface area contributed by atoms with Gasteiger partial charge in [0.15, 0.2) is 0 Å². The summed E-state index contributed by atoms with van der Waals surface area (Å²) in [7, 11) is 0. The summed E-state index contributed by atoms with van der Waals surface area (Å²) in [6.45, 7) is 1.96. The Morgan fingerprint density at radius 1 is 1.25 bits per heavy atom. The number of rotatable bonds is 1. The number of nitrogens with zero attached hydrogens (tertiary/aromatic N) is 1. The van der Waals surface area contributed by atoms with Crippen molar-refractivity contribution in [1.29, 1.82) is 0 Å². The quantitative estimate of drug-likeness (QED) is 0.544. The number of benzene rings is 2. The number of fused-ring (bicyclic) bond motifs is 2. The van der Waals surface area contributed by atoms with Crippen LogP contribution in [0.3, 0.4) is 0 Å². The summed E-state index contributed by atoms with van der Waals surface area (Å²) in [4.78, 5) is 10.5. The van der Waals surface area contributed by atoms with Crippen molar-refractivity contribution in [2.75, 3.05) is 0 Å². The molecule has 2 aromatic carbocycles. The van der Waals surface area contributed by atoms with Gasteiger partial charge in [-0.25, -0.2) is 0 Å². The molecule has 0 spiro atoms. The normalized spacial score (nSPS) is 12.6. The van der Waals surface area contributed by atoms with Crippen LogP contribution in [0.1, 0.15) is 18.1 Å². The van der Waals surface area contributed by atoms with Crippen molar-refractivity contribution in [2.24, 2.45) is 0 Å². The van der Waals surface area contributed by atoms with Gasteiger partial charge in [0.05, 0.1) is 9.40 Å². The highest BCUT2D eigenvalue weighted by Crippen LogP contribution is 2.42. The van der Waals surface area contributed by atoms with Gasteiger partial charge >= 0.3 is 0 Å². The maximum Gasteiger partial charge on any atom is 0.270 e. The minimum Gasteiger partial charge on any atom is -0.455 e. The molecule has 20 heavy (non-hydrogen) atoms. The first-order valence-corrected chi connectivity index (χ1v) is 6.79. The van der Waals surface area contributed by atoms with E-state index in [9.17, 15) is 10.1 Å². The Morgan fingerprint density at radius 2 is 2.05 bits per heavy atom. The summed E-state index contributed by atoms with van der Waals surface area (Å²) in [6, 6.07) is 10.4. The molecule has 1 heterocycles. The van der Waals surface area contributed by atoms with Crippen LogP contribution in [0.25, 0.3) is 11.6 Å². The van der Waals surface area contributed by atoms with E-state index < -0.39 is 4.92 Å². The zero-order valence-corrected chi connectivity index (χ0v) is 12.2. The Hall–Kier alpha value is -2.14. The summed E-state index contributed by atoms with van der Waals surface area (Å²) < 4.78 is 6.77. The molecule has 0 radical (unpaired) electrons. The fourth-order valence-corrected chi connectivity index (χ4v) is 2.65. The molecule has 0 N–H and O–H groups in total. The Morgan fingerprint density at radius 3 is 2.80 bits per heavy atom. The first-order chi connectivity index (χ1) is 9.56. The van der Waals surface area contributed by atoms with E-state index in [1.807, 2.05) is 31.2 Å². The van der Waals surface area contributed by atoms with Gasteiger partial charge in [-0.2, -0.15) is 0 Å². The predicted molar refractivity (Wildman–Crippen MR) is 80.9 cm³/mol. The van der Waals surface area contributed by atoms with Crippen molar-refractivity contribution in [3.63, 3.8) is 0 Å². The van der Waals surface area contributed by atoms with Gasteiger partial charge in [-0.15, -0.1) is 0 Å². The van der Waals surface area contributed by atoms with Crippen LogP contribution < -0.4 is 4.74 Å². The average molecular weight is 332 g/mol. The second-order valence-electron chi connectivity index (χ2n) is 4.53. The predicted octanol–water partition coefficient (Wildman–Crippen LogP) is 5.02. The van der Waals surface area contributed by atoms with E-state index in [2.05, 4.69) is 15.9 Å². The topological polar surface area (TPSA) is 52.4 Å². The van der Waals surface area contributed by atoms with Gasteiger partial charge in [0.25, 0.3) is 5.69 Å². The molecule has 4 nitrogen and oxygen atoms in total. The highest BCUT2D eigenvalue weighted by Gasteiger charge is 2.18. The fourth-order valence-electron chi connectivity index (χ4n) is 2.20. The highest BCUT2D eigenvalue weighted by atomic mass is 79.9. The number of hydrogen-bond acceptors (Lipinski definition) is 3. The van der Waals surface area contributed by atoms with E-state index in [1.165, 1.54) is 12.1 Å². The van der Waals surface area contributed by atoms with E-state index in [-0.39, 0.29) is 5.69 Å². The molecule has 3 rings (SSSR count). The van der Waals surface area contributed by atoms with Crippen molar-refractivity contribution in [3.05, 3.63) is 62.1 Å². The molecule has 0 aliphatic carbocycles. The van der Waals surface area contributed by atoms with Gasteiger partial charge in [-0.05, 0) is 46.6 Å². The van der Waals surface area contributed by atoms with E-state index in [4.69, 9.17) is 4.74 Å². The second-order valence-corrected chi connectivity index (χ2v) is 5.38. The molecule has 0 amide bonds. The lowest BCUT2D eigenvalue weighted by Crippen LogP contribution is -1.92. The summed E-state index contributed by atoms with van der Waals surface area (Å²) in [5, 5.41) is 10.9. The van der Waals surface area contributed by atoms with Crippen LogP contribution in [0.4, 0.5) is 5.69 Å². The molecule has 0 aromatic heterocycles. The minimum absolute atomic E-state index is 0.0569. The summed E-state index contributed by atoms with van der Waals surface area (Å²) in [5.41, 5.74) is 2.74. The average Bonchev–Trinajstić information content (AvgIpc) is 2.55. The lowest BCUT2D eigenvalue weighted by molar-refractivity contribution is -0.384. The van der Waals surface area contributed by atoms with Crippen LogP contribution >= 0.6 is 15.9 Å². The number of nitro benzene ring substituents is 1. The van der Waals surface area contributed by atoms with Gasteiger partial charge in [0.1, 0.15) is 11.5 Å². The molecular weight excluding hydrogens is 322 g/mol. The van der Waals surface area contributed by atoms with Gasteiger partial charge in [-0.3, -0.25) is 10.1 Å². The van der Waals surface area contributed by atoms with Gasteiger partial charge < -0.3 is 4.74 Å². The molecule has 0 saturated heterocycles. The van der Waals surface area contributed by atoms with Crippen molar-refractivity contribution >= 4 is 33.3 Å².